The molecule has 0 unspecified atom stereocenters. The molecule has 0 radical (unpaired) electrons. The van der Waals surface area contributed by atoms with Crippen LogP contribution >= 0.6 is 0 Å². The molecule has 2 rings (SSSR count). The molecule has 0 bridgehead atoms. The van der Waals surface area contributed by atoms with Crippen molar-refractivity contribution in [2.75, 3.05) is 26.9 Å². The minimum atomic E-state index is 0.268. The molecule has 0 aromatic heterocycles. The van der Waals surface area contributed by atoms with Crippen molar-refractivity contribution in [2.24, 2.45) is 5.41 Å². The number of nitrogens with zero attached hydrogens (tertiary/aromatic N) is 1. The average molecular weight is 246 g/mol. The second kappa shape index (κ2) is 5.38. The maximum Gasteiger partial charge on any atom is 0.136 e. The molecule has 1 fully saturated rings. The number of hydrogen-bond acceptors (Lipinski definition) is 4. The van der Waals surface area contributed by atoms with Crippen LogP contribution in [0.15, 0.2) is 18.2 Å². The van der Waals surface area contributed by atoms with Gasteiger partial charge in [0.1, 0.15) is 11.8 Å². The van der Waals surface area contributed by atoms with Gasteiger partial charge < -0.3 is 14.8 Å². The lowest BCUT2D eigenvalue weighted by Crippen LogP contribution is -2.47. The van der Waals surface area contributed by atoms with Crippen LogP contribution in [0.1, 0.15) is 18.1 Å². The van der Waals surface area contributed by atoms with E-state index < -0.39 is 0 Å². The summed E-state index contributed by atoms with van der Waals surface area (Å²) < 4.78 is 10.3. The van der Waals surface area contributed by atoms with Crippen LogP contribution in [0.3, 0.4) is 0 Å². The van der Waals surface area contributed by atoms with E-state index in [0.717, 1.165) is 31.9 Å². The second-order valence-electron chi connectivity index (χ2n) is 5.05. The number of rotatable bonds is 5. The lowest BCUT2D eigenvalue weighted by Gasteiger charge is -2.38. The highest BCUT2D eigenvalue weighted by Crippen LogP contribution is 2.25. The highest BCUT2D eigenvalue weighted by Gasteiger charge is 2.32. The number of nitriles is 1. The molecule has 0 amide bonds. The third-order valence-electron chi connectivity index (χ3n) is 3.17. The summed E-state index contributed by atoms with van der Waals surface area (Å²) in [6.45, 7) is 5.55. The van der Waals surface area contributed by atoms with Gasteiger partial charge >= 0.3 is 0 Å². The maximum atomic E-state index is 9.01. The monoisotopic (exact) mass is 246 g/mol. The van der Waals surface area contributed by atoms with Crippen LogP contribution in [0.25, 0.3) is 0 Å². The van der Waals surface area contributed by atoms with E-state index in [0.29, 0.717) is 11.3 Å². The summed E-state index contributed by atoms with van der Waals surface area (Å²) in [5.41, 5.74) is 1.94. The van der Waals surface area contributed by atoms with Crippen molar-refractivity contribution in [3.05, 3.63) is 29.3 Å². The molecule has 1 aromatic rings. The molecular formula is C14H18N2O2. The fraction of sp³-hybridized carbons (Fsp3) is 0.500. The first kappa shape index (κ1) is 12.9. The number of nitrogens with one attached hydrogen (secondary N) is 1. The fourth-order valence-electron chi connectivity index (χ4n) is 2.01. The SMILES string of the molecule is COc1ccc(CNCC2(C)COC2)cc1C#N. The highest BCUT2D eigenvalue weighted by molar-refractivity contribution is 5.45. The van der Waals surface area contributed by atoms with Crippen LogP contribution in [-0.4, -0.2) is 26.9 Å². The molecule has 1 aliphatic rings. The fourth-order valence-corrected chi connectivity index (χ4v) is 2.01. The summed E-state index contributed by atoms with van der Waals surface area (Å²) in [5.74, 6) is 0.626. The Morgan fingerprint density at radius 1 is 1.50 bits per heavy atom. The Bertz CT molecular complexity index is 461. The van der Waals surface area contributed by atoms with E-state index in [-0.39, 0.29) is 5.41 Å². The van der Waals surface area contributed by atoms with Gasteiger partial charge in [-0.3, -0.25) is 0 Å². The summed E-state index contributed by atoms with van der Waals surface area (Å²) in [4.78, 5) is 0. The van der Waals surface area contributed by atoms with Crippen LogP contribution in [0, 0.1) is 16.7 Å². The van der Waals surface area contributed by atoms with E-state index in [4.69, 9.17) is 14.7 Å². The number of methoxy groups -OCH3 is 1. The zero-order valence-electron chi connectivity index (χ0n) is 10.8. The number of ether oxygens (including phenoxy) is 2. The van der Waals surface area contributed by atoms with Crippen LogP contribution in [-0.2, 0) is 11.3 Å². The Labute approximate surface area is 108 Å². The van der Waals surface area contributed by atoms with Gasteiger partial charge in [0, 0.05) is 18.5 Å². The Balaban J connectivity index is 1.91. The summed E-state index contributed by atoms with van der Waals surface area (Å²) in [5, 5.41) is 12.4. The molecule has 1 N–H and O–H groups in total. The van der Waals surface area contributed by atoms with Crippen LogP contribution in [0.2, 0.25) is 0 Å². The van der Waals surface area contributed by atoms with E-state index in [2.05, 4.69) is 18.3 Å². The Morgan fingerprint density at radius 3 is 2.83 bits per heavy atom. The largest absolute Gasteiger partial charge is 0.495 e. The molecule has 1 aliphatic heterocycles. The van der Waals surface area contributed by atoms with E-state index in [1.807, 2.05) is 18.2 Å². The number of hydrogen-bond donors (Lipinski definition) is 1. The summed E-state index contributed by atoms with van der Waals surface area (Å²) in [7, 11) is 1.57. The summed E-state index contributed by atoms with van der Waals surface area (Å²) >= 11 is 0. The second-order valence-corrected chi connectivity index (χ2v) is 5.05. The predicted molar refractivity (Wildman–Crippen MR) is 68.3 cm³/mol. The molecular weight excluding hydrogens is 228 g/mol. The van der Waals surface area contributed by atoms with Gasteiger partial charge in [-0.15, -0.1) is 0 Å². The molecule has 0 atom stereocenters. The Hall–Kier alpha value is -1.57. The van der Waals surface area contributed by atoms with Gasteiger partial charge in [-0.05, 0) is 17.7 Å². The summed E-state index contributed by atoms with van der Waals surface area (Å²) in [6, 6.07) is 7.83. The first-order valence-electron chi connectivity index (χ1n) is 6.02. The molecule has 96 valence electrons. The van der Waals surface area contributed by atoms with Gasteiger partial charge in [0.2, 0.25) is 0 Å². The van der Waals surface area contributed by atoms with Crippen LogP contribution in [0.5, 0.6) is 5.75 Å². The van der Waals surface area contributed by atoms with Gasteiger partial charge in [-0.1, -0.05) is 13.0 Å². The third kappa shape index (κ3) is 2.81. The maximum absolute atomic E-state index is 9.01. The van der Waals surface area contributed by atoms with Gasteiger partial charge in [0.05, 0.1) is 25.9 Å². The first-order chi connectivity index (χ1) is 8.67. The topological polar surface area (TPSA) is 54.3 Å². The molecule has 4 heteroatoms. The van der Waals surface area contributed by atoms with Crippen LogP contribution in [0.4, 0.5) is 0 Å². The molecule has 1 aromatic carbocycles. The standard InChI is InChI=1S/C14H18N2O2/c1-14(9-18-10-14)8-16-7-11-3-4-13(17-2)12(5-11)6-15/h3-5,16H,7-10H2,1-2H3. The molecule has 1 heterocycles. The van der Waals surface area contributed by atoms with E-state index in [1.165, 1.54) is 0 Å². The van der Waals surface area contributed by atoms with Crippen molar-refractivity contribution in [1.82, 2.24) is 5.32 Å². The highest BCUT2D eigenvalue weighted by atomic mass is 16.5. The quantitative estimate of drug-likeness (QED) is 0.859. The predicted octanol–water partition coefficient (Wildman–Crippen LogP) is 1.69. The smallest absolute Gasteiger partial charge is 0.136 e. The Morgan fingerprint density at radius 2 is 2.28 bits per heavy atom. The first-order valence-corrected chi connectivity index (χ1v) is 6.02. The zero-order chi connectivity index (χ0) is 13.0. The van der Waals surface area contributed by atoms with Crippen molar-refractivity contribution >= 4 is 0 Å². The third-order valence-corrected chi connectivity index (χ3v) is 3.17. The molecule has 18 heavy (non-hydrogen) atoms. The zero-order valence-corrected chi connectivity index (χ0v) is 10.8. The lowest BCUT2D eigenvalue weighted by molar-refractivity contribution is -0.0991. The molecule has 0 spiro atoms. The Kier molecular flexibility index (Phi) is 3.85. The van der Waals surface area contributed by atoms with Gasteiger partial charge in [-0.2, -0.15) is 5.26 Å². The minimum Gasteiger partial charge on any atom is -0.495 e. The van der Waals surface area contributed by atoms with Gasteiger partial charge in [0.15, 0.2) is 0 Å². The van der Waals surface area contributed by atoms with Crippen molar-refractivity contribution in [3.63, 3.8) is 0 Å². The normalized spacial score (nSPS) is 16.7. The van der Waals surface area contributed by atoms with Crippen molar-refractivity contribution < 1.29 is 9.47 Å². The molecule has 0 saturated carbocycles. The van der Waals surface area contributed by atoms with Crippen molar-refractivity contribution in [3.8, 4) is 11.8 Å². The number of benzene rings is 1. The summed E-state index contributed by atoms with van der Waals surface area (Å²) in [6.07, 6.45) is 0. The van der Waals surface area contributed by atoms with Crippen LogP contribution < -0.4 is 10.1 Å². The van der Waals surface area contributed by atoms with Crippen molar-refractivity contribution in [1.29, 1.82) is 5.26 Å². The lowest BCUT2D eigenvalue weighted by atomic mass is 9.89. The molecule has 1 saturated heterocycles. The van der Waals surface area contributed by atoms with E-state index in [9.17, 15) is 0 Å². The van der Waals surface area contributed by atoms with E-state index in [1.54, 1.807) is 7.11 Å². The van der Waals surface area contributed by atoms with E-state index >= 15 is 0 Å². The minimum absolute atomic E-state index is 0.268. The molecule has 4 nitrogen and oxygen atoms in total. The average Bonchev–Trinajstić information content (AvgIpc) is 2.36. The van der Waals surface area contributed by atoms with Gasteiger partial charge in [-0.25, -0.2) is 0 Å². The molecule has 0 aliphatic carbocycles. The van der Waals surface area contributed by atoms with Gasteiger partial charge in [0.25, 0.3) is 0 Å². The van der Waals surface area contributed by atoms with Crippen molar-refractivity contribution in [2.45, 2.75) is 13.5 Å².